The van der Waals surface area contributed by atoms with Gasteiger partial charge in [-0.25, -0.2) is 0 Å². The van der Waals surface area contributed by atoms with Crippen molar-refractivity contribution in [2.24, 2.45) is 5.92 Å². The van der Waals surface area contributed by atoms with Crippen LogP contribution < -0.4 is 5.32 Å². The molecule has 2 N–H and O–H groups in total. The van der Waals surface area contributed by atoms with Gasteiger partial charge in [0, 0.05) is 18.9 Å². The zero-order chi connectivity index (χ0) is 20.2. The van der Waals surface area contributed by atoms with Crippen LogP contribution in [0.2, 0.25) is 0 Å². The number of benzene rings is 1. The lowest BCUT2D eigenvalue weighted by atomic mass is 9.74. The molecule has 0 bridgehead atoms. The number of carbonyl (C=O) groups is 1. The molecule has 0 spiro atoms. The second kappa shape index (κ2) is 9.44. The number of aliphatic hydroxyl groups is 1. The topological polar surface area (TPSA) is 52.6 Å². The van der Waals surface area contributed by atoms with Crippen LogP contribution in [-0.2, 0) is 4.79 Å². The SMILES string of the molecule is CCC(=O)N1[C@H](CO)[C@H](c2ccc(C3=CCCCC3)cc2)[C@H]1CNCC1CCC1. The van der Waals surface area contributed by atoms with Gasteiger partial charge >= 0.3 is 0 Å². The normalized spacial score (nSPS) is 27.2. The van der Waals surface area contributed by atoms with Gasteiger partial charge in [-0.3, -0.25) is 4.79 Å². The average Bonchev–Trinajstić information content (AvgIpc) is 2.72. The maximum absolute atomic E-state index is 12.6. The van der Waals surface area contributed by atoms with E-state index in [2.05, 4.69) is 35.7 Å². The predicted octanol–water partition coefficient (Wildman–Crippen LogP) is 4.10. The fourth-order valence-corrected chi connectivity index (χ4v) is 5.32. The molecule has 4 heteroatoms. The summed E-state index contributed by atoms with van der Waals surface area (Å²) < 4.78 is 0. The van der Waals surface area contributed by atoms with Gasteiger partial charge in [0.15, 0.2) is 0 Å². The Morgan fingerprint density at radius 1 is 1.10 bits per heavy atom. The molecule has 3 atom stereocenters. The number of hydrogen-bond donors (Lipinski definition) is 2. The highest BCUT2D eigenvalue weighted by Crippen LogP contribution is 2.41. The molecule has 1 aromatic rings. The lowest BCUT2D eigenvalue weighted by Crippen LogP contribution is -2.68. The molecule has 3 aliphatic rings. The third-order valence-electron chi connectivity index (χ3n) is 7.29. The van der Waals surface area contributed by atoms with Crippen molar-refractivity contribution in [2.75, 3.05) is 19.7 Å². The second-order valence-electron chi connectivity index (χ2n) is 9.05. The van der Waals surface area contributed by atoms with E-state index in [9.17, 15) is 9.90 Å². The van der Waals surface area contributed by atoms with Crippen molar-refractivity contribution in [1.29, 1.82) is 0 Å². The second-order valence-corrected chi connectivity index (χ2v) is 9.05. The molecule has 1 aromatic carbocycles. The zero-order valence-corrected chi connectivity index (χ0v) is 17.8. The van der Waals surface area contributed by atoms with E-state index in [-0.39, 0.29) is 30.5 Å². The molecule has 0 unspecified atom stereocenters. The molecule has 1 saturated carbocycles. The minimum Gasteiger partial charge on any atom is -0.394 e. The standard InChI is InChI=1S/C25H36N2O2/c1-2-24(29)27-22(16-26-15-18-7-6-8-18)25(23(27)17-28)21-13-11-20(12-14-21)19-9-4-3-5-10-19/h9,11-14,18,22-23,25-26,28H,2-8,10,15-17H2,1H3/t22-,23-,25-/m1/s1. The van der Waals surface area contributed by atoms with Gasteiger partial charge in [-0.05, 0) is 67.7 Å². The van der Waals surface area contributed by atoms with Crippen molar-refractivity contribution in [3.8, 4) is 0 Å². The number of carbonyl (C=O) groups excluding carboxylic acids is 1. The van der Waals surface area contributed by atoms with Crippen molar-refractivity contribution >= 4 is 11.5 Å². The van der Waals surface area contributed by atoms with Gasteiger partial charge in [-0.2, -0.15) is 0 Å². The highest BCUT2D eigenvalue weighted by Gasteiger charge is 2.50. The van der Waals surface area contributed by atoms with E-state index in [4.69, 9.17) is 0 Å². The highest BCUT2D eigenvalue weighted by molar-refractivity contribution is 5.78. The Labute approximate surface area is 175 Å². The first-order valence-electron chi connectivity index (χ1n) is 11.6. The van der Waals surface area contributed by atoms with Crippen LogP contribution in [0.3, 0.4) is 0 Å². The quantitative estimate of drug-likeness (QED) is 0.696. The molecule has 29 heavy (non-hydrogen) atoms. The summed E-state index contributed by atoms with van der Waals surface area (Å²) in [5.41, 5.74) is 4.05. The molecule has 1 aliphatic heterocycles. The summed E-state index contributed by atoms with van der Waals surface area (Å²) in [6.45, 7) is 3.81. The molecule has 2 aliphatic carbocycles. The lowest BCUT2D eigenvalue weighted by Gasteiger charge is -2.55. The molecule has 1 amide bonds. The molecule has 158 valence electrons. The van der Waals surface area contributed by atoms with E-state index in [1.54, 1.807) is 0 Å². The van der Waals surface area contributed by atoms with Gasteiger partial charge in [0.1, 0.15) is 0 Å². The summed E-state index contributed by atoms with van der Waals surface area (Å²) in [5.74, 6) is 1.17. The molecule has 4 nitrogen and oxygen atoms in total. The van der Waals surface area contributed by atoms with E-state index in [1.165, 1.54) is 61.6 Å². The summed E-state index contributed by atoms with van der Waals surface area (Å²) in [6, 6.07) is 8.97. The van der Waals surface area contributed by atoms with E-state index >= 15 is 0 Å². The predicted molar refractivity (Wildman–Crippen MR) is 118 cm³/mol. The Balaban J connectivity index is 1.48. The Bertz CT molecular complexity index is 723. The molecule has 0 radical (unpaired) electrons. The van der Waals surface area contributed by atoms with Crippen LogP contribution in [0, 0.1) is 5.92 Å². The van der Waals surface area contributed by atoms with Crippen LogP contribution in [-0.4, -0.2) is 47.7 Å². The van der Waals surface area contributed by atoms with Crippen LogP contribution in [0.5, 0.6) is 0 Å². The summed E-state index contributed by atoms with van der Waals surface area (Å²) in [6.07, 6.45) is 11.8. The number of amides is 1. The largest absolute Gasteiger partial charge is 0.394 e. The minimum atomic E-state index is -0.0994. The number of likely N-dealkylation sites (tertiary alicyclic amines) is 1. The van der Waals surface area contributed by atoms with Crippen LogP contribution in [0.4, 0.5) is 0 Å². The van der Waals surface area contributed by atoms with Crippen LogP contribution in [0.15, 0.2) is 30.3 Å². The third kappa shape index (κ3) is 4.29. The fraction of sp³-hybridized carbons (Fsp3) is 0.640. The summed E-state index contributed by atoms with van der Waals surface area (Å²) in [4.78, 5) is 14.5. The van der Waals surface area contributed by atoms with Crippen molar-refractivity contribution in [3.63, 3.8) is 0 Å². The fourth-order valence-electron chi connectivity index (χ4n) is 5.32. The molecule has 1 heterocycles. The maximum atomic E-state index is 12.6. The number of nitrogens with zero attached hydrogens (tertiary/aromatic N) is 1. The molecular weight excluding hydrogens is 360 g/mol. The minimum absolute atomic E-state index is 0.0302. The number of rotatable bonds is 8. The monoisotopic (exact) mass is 396 g/mol. The molecular formula is C25H36N2O2. The Kier molecular flexibility index (Phi) is 6.71. The number of aliphatic hydroxyl groups excluding tert-OH is 1. The molecule has 0 aromatic heterocycles. The van der Waals surface area contributed by atoms with Gasteiger partial charge in [0.2, 0.25) is 5.91 Å². The van der Waals surface area contributed by atoms with Gasteiger partial charge < -0.3 is 15.3 Å². The summed E-state index contributed by atoms with van der Waals surface area (Å²) in [7, 11) is 0. The Morgan fingerprint density at radius 2 is 1.90 bits per heavy atom. The Hall–Kier alpha value is -1.65. The third-order valence-corrected chi connectivity index (χ3v) is 7.29. The maximum Gasteiger partial charge on any atom is 0.222 e. The summed E-state index contributed by atoms with van der Waals surface area (Å²) in [5, 5.41) is 13.7. The zero-order valence-electron chi connectivity index (χ0n) is 17.8. The van der Waals surface area contributed by atoms with Crippen molar-refractivity contribution < 1.29 is 9.90 Å². The van der Waals surface area contributed by atoms with E-state index in [0.29, 0.717) is 6.42 Å². The first-order valence-corrected chi connectivity index (χ1v) is 11.6. The van der Waals surface area contributed by atoms with Crippen molar-refractivity contribution in [1.82, 2.24) is 10.2 Å². The van der Waals surface area contributed by atoms with Gasteiger partial charge in [-0.15, -0.1) is 0 Å². The smallest absolute Gasteiger partial charge is 0.222 e. The van der Waals surface area contributed by atoms with Crippen LogP contribution in [0.1, 0.15) is 75.3 Å². The summed E-state index contributed by atoms with van der Waals surface area (Å²) >= 11 is 0. The number of allylic oxidation sites excluding steroid dienone is 2. The van der Waals surface area contributed by atoms with E-state index in [1.807, 2.05) is 11.8 Å². The first kappa shape index (κ1) is 20.6. The van der Waals surface area contributed by atoms with E-state index in [0.717, 1.165) is 19.0 Å². The lowest BCUT2D eigenvalue weighted by molar-refractivity contribution is -0.150. The molecule has 2 fully saturated rings. The van der Waals surface area contributed by atoms with Gasteiger partial charge in [0.25, 0.3) is 0 Å². The van der Waals surface area contributed by atoms with Crippen LogP contribution in [0.25, 0.3) is 5.57 Å². The van der Waals surface area contributed by atoms with Crippen molar-refractivity contribution in [2.45, 2.75) is 76.3 Å². The van der Waals surface area contributed by atoms with Gasteiger partial charge in [-0.1, -0.05) is 43.7 Å². The highest BCUT2D eigenvalue weighted by atomic mass is 16.3. The molecule has 4 rings (SSSR count). The molecule has 1 saturated heterocycles. The first-order chi connectivity index (χ1) is 14.2. The van der Waals surface area contributed by atoms with Crippen molar-refractivity contribution in [3.05, 3.63) is 41.5 Å². The average molecular weight is 397 g/mol. The van der Waals surface area contributed by atoms with Gasteiger partial charge in [0.05, 0.1) is 18.7 Å². The van der Waals surface area contributed by atoms with E-state index < -0.39 is 0 Å². The van der Waals surface area contributed by atoms with Crippen LogP contribution >= 0.6 is 0 Å². The number of hydrogen-bond acceptors (Lipinski definition) is 3. The number of nitrogens with one attached hydrogen (secondary N) is 1. The Morgan fingerprint density at radius 3 is 2.48 bits per heavy atom.